The number of nitrogens with one attached hydrogen (secondary N) is 2. The van der Waals surface area contributed by atoms with E-state index < -0.39 is 0 Å². The molecule has 0 heterocycles. The molecule has 1 fully saturated rings. The molecule has 1 aromatic rings. The van der Waals surface area contributed by atoms with Gasteiger partial charge in [0, 0.05) is 6.04 Å². The van der Waals surface area contributed by atoms with E-state index in [4.69, 9.17) is 0 Å². The molecule has 2 amide bonds. The van der Waals surface area contributed by atoms with Crippen LogP contribution in [-0.2, 0) is 0 Å². The second kappa shape index (κ2) is 5.71. The van der Waals surface area contributed by atoms with E-state index in [-0.39, 0.29) is 12.1 Å². The fourth-order valence-electron chi connectivity index (χ4n) is 2.32. The number of hydrogen-bond acceptors (Lipinski definition) is 1. The lowest BCUT2D eigenvalue weighted by atomic mass is 10.1. The summed E-state index contributed by atoms with van der Waals surface area (Å²) in [7, 11) is 0. The molecule has 0 aliphatic heterocycles. The Labute approximate surface area is 103 Å². The van der Waals surface area contributed by atoms with Gasteiger partial charge in [-0.3, -0.25) is 0 Å². The molecule has 2 N–H and O–H groups in total. The highest BCUT2D eigenvalue weighted by molar-refractivity contribution is 5.74. The SMILES string of the molecule is CC(NC(=O)NC1CCCC1)c1ccccc1. The van der Waals surface area contributed by atoms with E-state index in [2.05, 4.69) is 10.6 Å². The van der Waals surface area contributed by atoms with Gasteiger partial charge in [0.15, 0.2) is 0 Å². The molecule has 0 bridgehead atoms. The standard InChI is InChI=1S/C14H20N2O/c1-11(12-7-3-2-4-8-12)15-14(17)16-13-9-5-6-10-13/h2-4,7-8,11,13H,5-6,9-10H2,1H3,(H2,15,16,17). The minimum Gasteiger partial charge on any atom is -0.335 e. The summed E-state index contributed by atoms with van der Waals surface area (Å²) in [6.07, 6.45) is 4.71. The Hall–Kier alpha value is -1.51. The van der Waals surface area contributed by atoms with Crippen LogP contribution in [0.1, 0.15) is 44.2 Å². The van der Waals surface area contributed by atoms with E-state index in [1.807, 2.05) is 37.3 Å². The quantitative estimate of drug-likeness (QED) is 0.826. The predicted molar refractivity (Wildman–Crippen MR) is 68.8 cm³/mol. The molecular formula is C14H20N2O. The molecule has 1 saturated carbocycles. The number of hydrogen-bond donors (Lipinski definition) is 2. The molecule has 17 heavy (non-hydrogen) atoms. The third-order valence-corrected chi connectivity index (χ3v) is 3.34. The molecule has 1 atom stereocenters. The lowest BCUT2D eigenvalue weighted by Gasteiger charge is -2.17. The van der Waals surface area contributed by atoms with E-state index in [0.717, 1.165) is 18.4 Å². The summed E-state index contributed by atoms with van der Waals surface area (Å²) in [6.45, 7) is 2.00. The number of urea groups is 1. The zero-order valence-electron chi connectivity index (χ0n) is 10.3. The molecule has 1 aliphatic carbocycles. The second-order valence-electron chi connectivity index (χ2n) is 4.73. The van der Waals surface area contributed by atoms with Crippen molar-refractivity contribution >= 4 is 6.03 Å². The normalized spacial score (nSPS) is 17.7. The van der Waals surface area contributed by atoms with Crippen LogP contribution in [-0.4, -0.2) is 12.1 Å². The Bertz CT molecular complexity index is 358. The molecule has 3 nitrogen and oxygen atoms in total. The minimum atomic E-state index is -0.0479. The summed E-state index contributed by atoms with van der Waals surface area (Å²) in [4.78, 5) is 11.8. The summed E-state index contributed by atoms with van der Waals surface area (Å²) in [5.74, 6) is 0. The Morgan fingerprint density at radius 2 is 1.88 bits per heavy atom. The van der Waals surface area contributed by atoms with Crippen molar-refractivity contribution in [2.45, 2.75) is 44.7 Å². The van der Waals surface area contributed by atoms with Crippen LogP contribution in [0.3, 0.4) is 0 Å². The number of amides is 2. The first-order chi connectivity index (χ1) is 8.25. The molecule has 3 heteroatoms. The maximum atomic E-state index is 11.8. The van der Waals surface area contributed by atoms with Crippen molar-refractivity contribution in [1.29, 1.82) is 0 Å². The summed E-state index contributed by atoms with van der Waals surface area (Å²) in [5, 5.41) is 6.00. The Morgan fingerprint density at radius 1 is 1.24 bits per heavy atom. The van der Waals surface area contributed by atoms with Gasteiger partial charge in [0.25, 0.3) is 0 Å². The Balaban J connectivity index is 1.81. The van der Waals surface area contributed by atoms with Gasteiger partial charge in [-0.2, -0.15) is 0 Å². The molecule has 2 rings (SSSR count). The highest BCUT2D eigenvalue weighted by Crippen LogP contribution is 2.17. The summed E-state index contributed by atoms with van der Waals surface area (Å²) in [5.41, 5.74) is 1.13. The smallest absolute Gasteiger partial charge is 0.315 e. The van der Waals surface area contributed by atoms with Crippen molar-refractivity contribution in [2.75, 3.05) is 0 Å². The van der Waals surface area contributed by atoms with Crippen molar-refractivity contribution < 1.29 is 4.79 Å². The third kappa shape index (κ3) is 3.48. The predicted octanol–water partition coefficient (Wildman–Crippen LogP) is 2.99. The van der Waals surface area contributed by atoms with Crippen LogP contribution in [0, 0.1) is 0 Å². The van der Waals surface area contributed by atoms with E-state index in [1.54, 1.807) is 0 Å². The zero-order chi connectivity index (χ0) is 12.1. The zero-order valence-corrected chi connectivity index (χ0v) is 10.3. The lowest BCUT2D eigenvalue weighted by molar-refractivity contribution is 0.234. The third-order valence-electron chi connectivity index (χ3n) is 3.34. The highest BCUT2D eigenvalue weighted by Gasteiger charge is 2.17. The number of carbonyl (C=O) groups is 1. The molecule has 1 aliphatic rings. The Kier molecular flexibility index (Phi) is 4.02. The van der Waals surface area contributed by atoms with Crippen molar-refractivity contribution in [3.8, 4) is 0 Å². The van der Waals surface area contributed by atoms with Crippen LogP contribution >= 0.6 is 0 Å². The first kappa shape index (κ1) is 12.0. The van der Waals surface area contributed by atoms with Crippen LogP contribution < -0.4 is 10.6 Å². The highest BCUT2D eigenvalue weighted by atomic mass is 16.2. The van der Waals surface area contributed by atoms with Gasteiger partial charge < -0.3 is 10.6 Å². The van der Waals surface area contributed by atoms with Crippen molar-refractivity contribution in [1.82, 2.24) is 10.6 Å². The van der Waals surface area contributed by atoms with Gasteiger partial charge in [-0.15, -0.1) is 0 Å². The van der Waals surface area contributed by atoms with Crippen LogP contribution in [0.4, 0.5) is 4.79 Å². The second-order valence-corrected chi connectivity index (χ2v) is 4.73. The van der Waals surface area contributed by atoms with Gasteiger partial charge in [-0.1, -0.05) is 43.2 Å². The number of benzene rings is 1. The lowest BCUT2D eigenvalue weighted by Crippen LogP contribution is -2.41. The van der Waals surface area contributed by atoms with Gasteiger partial charge in [0.2, 0.25) is 0 Å². The first-order valence-electron chi connectivity index (χ1n) is 6.37. The summed E-state index contributed by atoms with van der Waals surface area (Å²) in [6, 6.07) is 10.4. The topological polar surface area (TPSA) is 41.1 Å². The van der Waals surface area contributed by atoms with Gasteiger partial charge in [-0.05, 0) is 25.3 Å². The van der Waals surface area contributed by atoms with Gasteiger partial charge in [-0.25, -0.2) is 4.79 Å². The van der Waals surface area contributed by atoms with E-state index in [1.165, 1.54) is 12.8 Å². The molecule has 0 spiro atoms. The maximum Gasteiger partial charge on any atom is 0.315 e. The summed E-state index contributed by atoms with van der Waals surface area (Å²) >= 11 is 0. The molecule has 1 aromatic carbocycles. The first-order valence-corrected chi connectivity index (χ1v) is 6.37. The number of carbonyl (C=O) groups excluding carboxylic acids is 1. The van der Waals surface area contributed by atoms with Crippen LogP contribution in [0.2, 0.25) is 0 Å². The van der Waals surface area contributed by atoms with E-state index in [0.29, 0.717) is 6.04 Å². The average Bonchev–Trinajstić information content (AvgIpc) is 2.82. The fraction of sp³-hybridized carbons (Fsp3) is 0.500. The molecule has 1 unspecified atom stereocenters. The molecule has 0 saturated heterocycles. The maximum absolute atomic E-state index is 11.8. The molecule has 0 aromatic heterocycles. The van der Waals surface area contributed by atoms with E-state index in [9.17, 15) is 4.79 Å². The van der Waals surface area contributed by atoms with Gasteiger partial charge in [0.05, 0.1) is 6.04 Å². The monoisotopic (exact) mass is 232 g/mol. The fourth-order valence-corrected chi connectivity index (χ4v) is 2.32. The molecule has 92 valence electrons. The molecule has 0 radical (unpaired) electrons. The van der Waals surface area contributed by atoms with Crippen LogP contribution in [0.15, 0.2) is 30.3 Å². The van der Waals surface area contributed by atoms with Crippen LogP contribution in [0.25, 0.3) is 0 Å². The Morgan fingerprint density at radius 3 is 2.53 bits per heavy atom. The van der Waals surface area contributed by atoms with E-state index >= 15 is 0 Å². The number of rotatable bonds is 3. The van der Waals surface area contributed by atoms with Crippen molar-refractivity contribution in [2.24, 2.45) is 0 Å². The van der Waals surface area contributed by atoms with Crippen molar-refractivity contribution in [3.05, 3.63) is 35.9 Å². The van der Waals surface area contributed by atoms with Crippen molar-refractivity contribution in [3.63, 3.8) is 0 Å². The largest absolute Gasteiger partial charge is 0.335 e. The molecular weight excluding hydrogens is 212 g/mol. The average molecular weight is 232 g/mol. The summed E-state index contributed by atoms with van der Waals surface area (Å²) < 4.78 is 0. The minimum absolute atomic E-state index is 0.0479. The van der Waals surface area contributed by atoms with Gasteiger partial charge >= 0.3 is 6.03 Å². The van der Waals surface area contributed by atoms with Gasteiger partial charge in [0.1, 0.15) is 0 Å². The van der Waals surface area contributed by atoms with Crippen LogP contribution in [0.5, 0.6) is 0 Å².